The van der Waals surface area contributed by atoms with E-state index in [9.17, 15) is 18.0 Å². The monoisotopic (exact) mass is 512 g/mol. The van der Waals surface area contributed by atoms with Crippen LogP contribution in [-0.2, 0) is 23.9 Å². The largest absolute Gasteiger partial charge is 0.496 e. The molecule has 1 aromatic heterocycles. The summed E-state index contributed by atoms with van der Waals surface area (Å²) in [6, 6.07) is 21.9. The van der Waals surface area contributed by atoms with Crippen molar-refractivity contribution in [1.29, 1.82) is 0 Å². The summed E-state index contributed by atoms with van der Waals surface area (Å²) in [5, 5.41) is 11.7. The smallest absolute Gasteiger partial charge is 0.416 e. The van der Waals surface area contributed by atoms with Crippen molar-refractivity contribution in [3.05, 3.63) is 90.0 Å². The number of carbonyl (C=O) groups is 1. The number of aromatic nitrogens is 3. The molecular formula is C26H23F3N4O2S. The number of nitrogens with zero attached hydrogens (tertiary/aromatic N) is 3. The maximum atomic E-state index is 13.0. The van der Waals surface area contributed by atoms with E-state index >= 15 is 0 Å². The molecule has 0 radical (unpaired) electrons. The number of methoxy groups -OCH3 is 1. The van der Waals surface area contributed by atoms with Crippen LogP contribution in [0.4, 0.5) is 18.9 Å². The first-order valence-corrected chi connectivity index (χ1v) is 12.0. The summed E-state index contributed by atoms with van der Waals surface area (Å²) in [6.07, 6.45) is -3.77. The number of hydrogen-bond donors (Lipinski definition) is 1. The van der Waals surface area contributed by atoms with Gasteiger partial charge in [0.2, 0.25) is 5.91 Å². The second-order valence-electron chi connectivity index (χ2n) is 7.81. The molecular weight excluding hydrogens is 489 g/mol. The molecule has 6 nitrogen and oxygen atoms in total. The molecule has 1 amide bonds. The SMILES string of the molecule is COc1ccccc1-c1nnc(SCC(=O)Nc2cccc(C(F)(F)F)c2)n1CCc1ccccc1. The number of halogens is 3. The summed E-state index contributed by atoms with van der Waals surface area (Å²) in [5.74, 6) is 0.746. The summed E-state index contributed by atoms with van der Waals surface area (Å²) >= 11 is 1.16. The Hall–Kier alpha value is -3.79. The third-order valence-corrected chi connectivity index (χ3v) is 6.30. The number of ether oxygens (including phenoxy) is 1. The zero-order chi connectivity index (χ0) is 25.5. The van der Waals surface area contributed by atoms with Gasteiger partial charge in [-0.25, -0.2) is 0 Å². The molecule has 0 aliphatic rings. The summed E-state index contributed by atoms with van der Waals surface area (Å²) in [5.41, 5.74) is 1.15. The molecule has 0 aliphatic heterocycles. The fourth-order valence-electron chi connectivity index (χ4n) is 3.61. The first-order valence-electron chi connectivity index (χ1n) is 11.1. The zero-order valence-electron chi connectivity index (χ0n) is 19.3. The first-order chi connectivity index (χ1) is 17.3. The molecule has 0 aliphatic carbocycles. The third kappa shape index (κ3) is 6.25. The molecule has 1 heterocycles. The summed E-state index contributed by atoms with van der Waals surface area (Å²) in [4.78, 5) is 12.5. The Morgan fingerprint density at radius 1 is 1.00 bits per heavy atom. The lowest BCUT2D eigenvalue weighted by Crippen LogP contribution is -2.15. The van der Waals surface area contributed by atoms with Gasteiger partial charge in [0.15, 0.2) is 11.0 Å². The first kappa shape index (κ1) is 25.3. The topological polar surface area (TPSA) is 69.0 Å². The van der Waals surface area contributed by atoms with Crippen molar-refractivity contribution in [2.45, 2.75) is 24.3 Å². The van der Waals surface area contributed by atoms with E-state index in [1.807, 2.05) is 59.2 Å². The van der Waals surface area contributed by atoms with Crippen LogP contribution >= 0.6 is 11.8 Å². The number of carbonyl (C=O) groups excluding carboxylic acids is 1. The van der Waals surface area contributed by atoms with Crippen LogP contribution in [0.25, 0.3) is 11.4 Å². The summed E-state index contributed by atoms with van der Waals surface area (Å²) in [6.45, 7) is 0.558. The molecule has 0 atom stereocenters. The maximum Gasteiger partial charge on any atom is 0.416 e. The van der Waals surface area contributed by atoms with Crippen LogP contribution in [0.2, 0.25) is 0 Å². The van der Waals surface area contributed by atoms with Gasteiger partial charge in [0.25, 0.3) is 0 Å². The average Bonchev–Trinajstić information content (AvgIpc) is 3.29. The van der Waals surface area contributed by atoms with Gasteiger partial charge < -0.3 is 14.6 Å². The van der Waals surface area contributed by atoms with E-state index in [-0.39, 0.29) is 11.4 Å². The van der Waals surface area contributed by atoms with Crippen molar-refractivity contribution in [3.63, 3.8) is 0 Å². The Morgan fingerprint density at radius 3 is 2.50 bits per heavy atom. The lowest BCUT2D eigenvalue weighted by molar-refractivity contribution is -0.137. The highest BCUT2D eigenvalue weighted by Crippen LogP contribution is 2.32. The number of thioether (sulfide) groups is 1. The number of benzene rings is 3. The number of hydrogen-bond acceptors (Lipinski definition) is 5. The van der Waals surface area contributed by atoms with E-state index in [1.165, 1.54) is 12.1 Å². The van der Waals surface area contributed by atoms with Crippen LogP contribution < -0.4 is 10.1 Å². The Morgan fingerprint density at radius 2 is 1.75 bits per heavy atom. The highest BCUT2D eigenvalue weighted by atomic mass is 32.2. The van der Waals surface area contributed by atoms with E-state index in [2.05, 4.69) is 15.5 Å². The molecule has 0 unspecified atom stereocenters. The van der Waals surface area contributed by atoms with Gasteiger partial charge in [-0.3, -0.25) is 4.79 Å². The highest BCUT2D eigenvalue weighted by molar-refractivity contribution is 7.99. The van der Waals surface area contributed by atoms with E-state index in [0.29, 0.717) is 29.7 Å². The standard InChI is InChI=1S/C26H23F3N4O2S/c1-35-22-13-6-5-12-21(22)24-31-32-25(33(24)15-14-18-8-3-2-4-9-18)36-17-23(34)30-20-11-7-10-19(16-20)26(27,28)29/h2-13,16H,14-15,17H2,1H3,(H,30,34). The van der Waals surface area contributed by atoms with Gasteiger partial charge in [0.1, 0.15) is 5.75 Å². The van der Waals surface area contributed by atoms with Gasteiger partial charge in [-0.05, 0) is 42.3 Å². The molecule has 3 aromatic carbocycles. The number of para-hydroxylation sites is 1. The van der Waals surface area contributed by atoms with E-state index in [1.54, 1.807) is 7.11 Å². The van der Waals surface area contributed by atoms with Gasteiger partial charge in [0.05, 0.1) is 24.0 Å². The molecule has 0 saturated carbocycles. The number of aryl methyl sites for hydroxylation is 1. The number of rotatable bonds is 9. The number of anilines is 1. The molecule has 0 saturated heterocycles. The van der Waals surface area contributed by atoms with Crippen molar-refractivity contribution in [2.75, 3.05) is 18.2 Å². The minimum Gasteiger partial charge on any atom is -0.496 e. The Labute approximate surface area is 210 Å². The Bertz CT molecular complexity index is 1330. The van der Waals surface area contributed by atoms with Crippen molar-refractivity contribution in [1.82, 2.24) is 14.8 Å². The van der Waals surface area contributed by atoms with Crippen molar-refractivity contribution in [2.24, 2.45) is 0 Å². The zero-order valence-corrected chi connectivity index (χ0v) is 20.1. The maximum absolute atomic E-state index is 13.0. The van der Waals surface area contributed by atoms with Gasteiger partial charge in [0, 0.05) is 12.2 Å². The van der Waals surface area contributed by atoms with Crippen LogP contribution in [0, 0.1) is 0 Å². The second kappa shape index (κ2) is 11.3. The Balaban J connectivity index is 1.53. The third-order valence-electron chi connectivity index (χ3n) is 5.34. The fraction of sp³-hybridized carbons (Fsp3) is 0.192. The van der Waals surface area contributed by atoms with Crippen LogP contribution in [0.1, 0.15) is 11.1 Å². The molecule has 1 N–H and O–H groups in total. The number of amides is 1. The minimum absolute atomic E-state index is 0.0500. The summed E-state index contributed by atoms with van der Waals surface area (Å²) < 4.78 is 46.3. The predicted octanol–water partition coefficient (Wildman–Crippen LogP) is 5.95. The molecule has 10 heteroatoms. The lowest BCUT2D eigenvalue weighted by atomic mass is 10.1. The van der Waals surface area contributed by atoms with Crippen LogP contribution in [0.3, 0.4) is 0 Å². The predicted molar refractivity (Wildman–Crippen MR) is 133 cm³/mol. The molecule has 186 valence electrons. The normalized spacial score (nSPS) is 11.3. The molecule has 4 rings (SSSR count). The van der Waals surface area contributed by atoms with Crippen LogP contribution in [-0.4, -0.2) is 33.5 Å². The van der Waals surface area contributed by atoms with Crippen molar-refractivity contribution < 1.29 is 22.7 Å². The van der Waals surface area contributed by atoms with Crippen molar-refractivity contribution >= 4 is 23.4 Å². The Kier molecular flexibility index (Phi) is 7.94. The second-order valence-corrected chi connectivity index (χ2v) is 8.75. The molecule has 4 aromatic rings. The van der Waals surface area contributed by atoms with Crippen molar-refractivity contribution in [3.8, 4) is 17.1 Å². The number of nitrogens with one attached hydrogen (secondary N) is 1. The molecule has 0 fully saturated rings. The highest BCUT2D eigenvalue weighted by Gasteiger charge is 2.30. The van der Waals surface area contributed by atoms with Gasteiger partial charge in [-0.1, -0.05) is 60.3 Å². The lowest BCUT2D eigenvalue weighted by Gasteiger charge is -2.13. The van der Waals surface area contributed by atoms with Crippen LogP contribution in [0.5, 0.6) is 5.75 Å². The minimum atomic E-state index is -4.49. The van der Waals surface area contributed by atoms with E-state index < -0.39 is 17.6 Å². The molecule has 36 heavy (non-hydrogen) atoms. The summed E-state index contributed by atoms with van der Waals surface area (Å²) in [7, 11) is 1.58. The van der Waals surface area contributed by atoms with Crippen LogP contribution in [0.15, 0.2) is 84.0 Å². The van der Waals surface area contributed by atoms with E-state index in [0.717, 1.165) is 35.0 Å². The number of alkyl halides is 3. The van der Waals surface area contributed by atoms with Gasteiger partial charge >= 0.3 is 6.18 Å². The molecule has 0 spiro atoms. The molecule has 0 bridgehead atoms. The van der Waals surface area contributed by atoms with Gasteiger partial charge in [-0.2, -0.15) is 13.2 Å². The average molecular weight is 513 g/mol. The van der Waals surface area contributed by atoms with Gasteiger partial charge in [-0.15, -0.1) is 10.2 Å². The quantitative estimate of drug-likeness (QED) is 0.281. The fourth-order valence-corrected chi connectivity index (χ4v) is 4.38. The van der Waals surface area contributed by atoms with E-state index in [4.69, 9.17) is 4.74 Å².